The lowest BCUT2D eigenvalue weighted by molar-refractivity contribution is 0.551. The van der Waals surface area contributed by atoms with E-state index in [0.29, 0.717) is 6.54 Å². The highest BCUT2D eigenvalue weighted by molar-refractivity contribution is 7.90. The Morgan fingerprint density at radius 2 is 2.05 bits per heavy atom. The quantitative estimate of drug-likeness (QED) is 0.766. The van der Waals surface area contributed by atoms with Crippen LogP contribution in [0.25, 0.3) is 0 Å². The Bertz CT molecular complexity index is 668. The highest BCUT2D eigenvalue weighted by Crippen LogP contribution is 2.12. The molecular weight excluding hydrogens is 338 g/mol. The molecule has 0 spiro atoms. The van der Waals surface area contributed by atoms with Crippen molar-refractivity contribution in [1.29, 1.82) is 0 Å². The second-order valence-corrected chi connectivity index (χ2v) is 8.48. The molecule has 0 saturated carbocycles. The minimum atomic E-state index is -3.66. The summed E-state index contributed by atoms with van der Waals surface area (Å²) < 4.78 is 49.1. The van der Waals surface area contributed by atoms with Crippen molar-refractivity contribution >= 4 is 32.3 Å². The first kappa shape index (κ1) is 18.3. The first-order chi connectivity index (χ1) is 9.29. The van der Waals surface area contributed by atoms with Gasteiger partial charge >= 0.3 is 0 Å². The molecular formula is C11H18ClN3O4S2. The van der Waals surface area contributed by atoms with Gasteiger partial charge in [0.25, 0.3) is 0 Å². The maximum atomic E-state index is 12.0. The van der Waals surface area contributed by atoms with Crippen molar-refractivity contribution < 1.29 is 16.8 Å². The second kappa shape index (κ2) is 7.01. The minimum Gasteiger partial charge on any atom is -0.313 e. The zero-order chi connectivity index (χ0) is 14.8. The Morgan fingerprint density at radius 3 is 2.52 bits per heavy atom. The maximum absolute atomic E-state index is 12.0. The molecule has 10 heteroatoms. The first-order valence-corrected chi connectivity index (χ1v) is 9.56. The van der Waals surface area contributed by atoms with E-state index in [4.69, 9.17) is 0 Å². The number of hydrogen-bond donors (Lipinski definition) is 2. The monoisotopic (exact) mass is 355 g/mol. The van der Waals surface area contributed by atoms with Crippen LogP contribution in [0.2, 0.25) is 0 Å². The molecule has 0 aliphatic carbocycles. The minimum absolute atomic E-state index is 0. The normalized spacial score (nSPS) is 19.2. The summed E-state index contributed by atoms with van der Waals surface area (Å²) in [5, 5.41) is 3.04. The third-order valence-corrected chi connectivity index (χ3v) is 5.49. The lowest BCUT2D eigenvalue weighted by Crippen LogP contribution is -2.37. The third-order valence-electron chi connectivity index (χ3n) is 3.08. The molecule has 1 saturated heterocycles. The van der Waals surface area contributed by atoms with Crippen molar-refractivity contribution in [2.45, 2.75) is 28.8 Å². The lowest BCUT2D eigenvalue weighted by atomic mass is 10.2. The number of nitrogens with zero attached hydrogens (tertiary/aromatic N) is 1. The summed E-state index contributed by atoms with van der Waals surface area (Å²) in [4.78, 5) is 3.63. The Balaban J connectivity index is 0.00000220. The summed E-state index contributed by atoms with van der Waals surface area (Å²) in [6, 6.07) is 2.58. The van der Waals surface area contributed by atoms with Crippen molar-refractivity contribution in [1.82, 2.24) is 15.0 Å². The highest BCUT2D eigenvalue weighted by Gasteiger charge is 2.20. The van der Waals surface area contributed by atoms with E-state index in [9.17, 15) is 16.8 Å². The Kier molecular flexibility index (Phi) is 6.11. The summed E-state index contributed by atoms with van der Waals surface area (Å²) in [6.45, 7) is 1.22. The number of aromatic nitrogens is 1. The molecule has 0 amide bonds. The predicted molar refractivity (Wildman–Crippen MR) is 80.8 cm³/mol. The van der Waals surface area contributed by atoms with Gasteiger partial charge in [0.15, 0.2) is 14.9 Å². The number of halogens is 1. The van der Waals surface area contributed by atoms with Gasteiger partial charge in [0, 0.05) is 25.0 Å². The summed E-state index contributed by atoms with van der Waals surface area (Å²) in [7, 11) is -7.08. The molecule has 1 fully saturated rings. The molecule has 21 heavy (non-hydrogen) atoms. The molecule has 1 atom stereocenters. The fourth-order valence-corrected chi connectivity index (χ4v) is 3.55. The molecule has 1 unspecified atom stereocenters. The highest BCUT2D eigenvalue weighted by atomic mass is 35.5. The average molecular weight is 356 g/mol. The number of sulfonamides is 1. The average Bonchev–Trinajstić information content (AvgIpc) is 2.89. The van der Waals surface area contributed by atoms with Crippen molar-refractivity contribution in [2.75, 3.05) is 19.3 Å². The molecule has 2 rings (SSSR count). The van der Waals surface area contributed by atoms with Crippen LogP contribution < -0.4 is 10.0 Å². The zero-order valence-corrected chi connectivity index (χ0v) is 13.9. The van der Waals surface area contributed by atoms with Crippen molar-refractivity contribution in [2.24, 2.45) is 0 Å². The third kappa shape index (κ3) is 4.89. The molecule has 2 N–H and O–H groups in total. The number of rotatable bonds is 5. The van der Waals surface area contributed by atoms with Gasteiger partial charge in [-0.1, -0.05) is 0 Å². The van der Waals surface area contributed by atoms with Crippen LogP contribution in [-0.4, -0.2) is 47.2 Å². The van der Waals surface area contributed by atoms with Crippen LogP contribution in [-0.2, 0) is 19.9 Å². The van der Waals surface area contributed by atoms with Crippen LogP contribution in [0.1, 0.15) is 12.8 Å². The van der Waals surface area contributed by atoms with E-state index in [1.165, 1.54) is 12.1 Å². The van der Waals surface area contributed by atoms with E-state index in [1.54, 1.807) is 0 Å². The summed E-state index contributed by atoms with van der Waals surface area (Å²) >= 11 is 0. The van der Waals surface area contributed by atoms with Crippen LogP contribution in [0.5, 0.6) is 0 Å². The maximum Gasteiger partial charge on any atom is 0.242 e. The number of pyridine rings is 1. The fraction of sp³-hybridized carbons (Fsp3) is 0.545. The second-order valence-electron chi connectivity index (χ2n) is 4.75. The van der Waals surface area contributed by atoms with Crippen molar-refractivity contribution in [3.8, 4) is 0 Å². The van der Waals surface area contributed by atoms with Gasteiger partial charge in [-0.3, -0.25) is 0 Å². The number of hydrogen-bond acceptors (Lipinski definition) is 6. The molecule has 7 nitrogen and oxygen atoms in total. The summed E-state index contributed by atoms with van der Waals surface area (Å²) in [5.74, 6) is 0. The van der Waals surface area contributed by atoms with Crippen LogP contribution in [0, 0.1) is 0 Å². The zero-order valence-electron chi connectivity index (χ0n) is 11.4. The van der Waals surface area contributed by atoms with Crippen LogP contribution >= 0.6 is 12.4 Å². The van der Waals surface area contributed by atoms with Crippen molar-refractivity contribution in [3.05, 3.63) is 18.3 Å². The van der Waals surface area contributed by atoms with Gasteiger partial charge in [-0.2, -0.15) is 0 Å². The van der Waals surface area contributed by atoms with Gasteiger partial charge in [0.2, 0.25) is 10.0 Å². The van der Waals surface area contributed by atoms with E-state index in [2.05, 4.69) is 15.0 Å². The molecule has 1 aliphatic heterocycles. The molecule has 1 aliphatic rings. The summed E-state index contributed by atoms with van der Waals surface area (Å²) in [6.07, 6.45) is 4.05. The van der Waals surface area contributed by atoms with Crippen molar-refractivity contribution in [3.63, 3.8) is 0 Å². The van der Waals surface area contributed by atoms with Crippen LogP contribution in [0.4, 0.5) is 0 Å². The fourth-order valence-electron chi connectivity index (χ4n) is 1.97. The van der Waals surface area contributed by atoms with Gasteiger partial charge in [0.05, 0.1) is 0 Å². The molecule has 1 aromatic heterocycles. The molecule has 120 valence electrons. The summed E-state index contributed by atoms with van der Waals surface area (Å²) in [5.41, 5.74) is 0. The molecule has 0 aromatic carbocycles. The van der Waals surface area contributed by atoms with E-state index >= 15 is 0 Å². The van der Waals surface area contributed by atoms with Gasteiger partial charge < -0.3 is 5.32 Å². The number of nitrogens with one attached hydrogen (secondary N) is 2. The molecule has 2 heterocycles. The van der Waals surface area contributed by atoms with E-state index in [1.807, 2.05) is 0 Å². The first-order valence-electron chi connectivity index (χ1n) is 6.18. The molecule has 0 radical (unpaired) electrons. The Labute approximate surface area is 130 Å². The predicted octanol–water partition coefficient (Wildman–Crippen LogP) is -0.0628. The van der Waals surface area contributed by atoms with Crippen LogP contribution in [0.3, 0.4) is 0 Å². The Morgan fingerprint density at radius 1 is 1.33 bits per heavy atom. The van der Waals surface area contributed by atoms with Gasteiger partial charge in [-0.25, -0.2) is 26.5 Å². The van der Waals surface area contributed by atoms with Gasteiger partial charge in [0.1, 0.15) is 4.90 Å². The standard InChI is InChI=1S/C11H17N3O4S2.ClH/c1-19(15,16)11-5-4-10(8-13-11)20(17,18)14-7-9-3-2-6-12-9;/h4-5,8-9,12,14H,2-3,6-7H2,1H3;1H. The SMILES string of the molecule is CS(=O)(=O)c1ccc(S(=O)(=O)NCC2CCCN2)cn1.Cl. The largest absolute Gasteiger partial charge is 0.313 e. The Hall–Kier alpha value is -0.740. The topological polar surface area (TPSA) is 105 Å². The smallest absolute Gasteiger partial charge is 0.242 e. The number of sulfone groups is 1. The van der Waals surface area contributed by atoms with E-state index in [-0.39, 0.29) is 28.4 Å². The molecule has 1 aromatic rings. The molecule has 0 bridgehead atoms. The van der Waals surface area contributed by atoms with E-state index in [0.717, 1.165) is 31.8 Å². The van der Waals surface area contributed by atoms with E-state index < -0.39 is 19.9 Å². The van der Waals surface area contributed by atoms with Crippen LogP contribution in [0.15, 0.2) is 28.3 Å². The lowest BCUT2D eigenvalue weighted by Gasteiger charge is -2.11. The van der Waals surface area contributed by atoms with Gasteiger partial charge in [-0.05, 0) is 31.5 Å². The van der Waals surface area contributed by atoms with Gasteiger partial charge in [-0.15, -0.1) is 12.4 Å².